The maximum absolute atomic E-state index is 13.3. The Morgan fingerprint density at radius 2 is 2.03 bits per heavy atom. The lowest BCUT2D eigenvalue weighted by atomic mass is 9.93. The number of likely N-dealkylation sites (tertiary alicyclic amines) is 1. The van der Waals surface area contributed by atoms with Gasteiger partial charge < -0.3 is 19.5 Å². The zero-order valence-electron chi connectivity index (χ0n) is 18.3. The molecular formula is C24H24N4O5. The monoisotopic (exact) mass is 448 g/mol. The van der Waals surface area contributed by atoms with Gasteiger partial charge in [0.1, 0.15) is 11.7 Å². The highest BCUT2D eigenvalue weighted by molar-refractivity contribution is 6.06. The summed E-state index contributed by atoms with van der Waals surface area (Å²) in [6.45, 7) is 1.40. The summed E-state index contributed by atoms with van der Waals surface area (Å²) in [6.07, 6.45) is 5.29. The molecule has 9 heteroatoms. The van der Waals surface area contributed by atoms with Crippen LogP contribution in [0.1, 0.15) is 35.4 Å². The molecule has 1 N–H and O–H groups in total. The molecule has 0 radical (unpaired) electrons. The van der Waals surface area contributed by atoms with Crippen LogP contribution in [-0.2, 0) is 25.7 Å². The number of para-hydroxylation sites is 1. The van der Waals surface area contributed by atoms with Gasteiger partial charge >= 0.3 is 5.97 Å². The molecule has 33 heavy (non-hydrogen) atoms. The van der Waals surface area contributed by atoms with Crippen molar-refractivity contribution in [1.29, 1.82) is 0 Å². The smallest absolute Gasteiger partial charge is 0.318 e. The first-order valence-electron chi connectivity index (χ1n) is 11.1. The maximum atomic E-state index is 13.3. The summed E-state index contributed by atoms with van der Waals surface area (Å²) >= 11 is 0. The average molecular weight is 448 g/mol. The number of carbonyl (C=O) groups is 4. The van der Waals surface area contributed by atoms with E-state index in [0.29, 0.717) is 37.1 Å². The molecule has 2 amide bonds. The number of benzene rings is 1. The van der Waals surface area contributed by atoms with Gasteiger partial charge in [-0.15, -0.1) is 0 Å². The van der Waals surface area contributed by atoms with Gasteiger partial charge in [-0.25, -0.2) is 4.98 Å². The highest BCUT2D eigenvalue weighted by Crippen LogP contribution is 2.31. The minimum Gasteiger partial charge on any atom is -0.468 e. The van der Waals surface area contributed by atoms with Gasteiger partial charge in [-0.05, 0) is 31.1 Å². The first kappa shape index (κ1) is 21.1. The molecule has 170 valence electrons. The third kappa shape index (κ3) is 3.63. The van der Waals surface area contributed by atoms with Crippen molar-refractivity contribution >= 4 is 40.2 Å². The van der Waals surface area contributed by atoms with Crippen molar-refractivity contribution < 1.29 is 23.9 Å². The second kappa shape index (κ2) is 8.31. The first-order chi connectivity index (χ1) is 16.0. The van der Waals surface area contributed by atoms with E-state index in [-0.39, 0.29) is 37.1 Å². The molecule has 1 unspecified atom stereocenters. The summed E-state index contributed by atoms with van der Waals surface area (Å²) in [5.74, 6) is -1.29. The molecule has 1 atom stereocenters. The number of imidazole rings is 1. The molecule has 0 spiro atoms. The lowest BCUT2D eigenvalue weighted by molar-refractivity contribution is -0.152. The summed E-state index contributed by atoms with van der Waals surface area (Å²) in [7, 11) is 1.24. The molecule has 1 aliphatic carbocycles. The van der Waals surface area contributed by atoms with E-state index >= 15 is 0 Å². The summed E-state index contributed by atoms with van der Waals surface area (Å²) in [5.41, 5.74) is 3.58. The van der Waals surface area contributed by atoms with Crippen LogP contribution in [0.5, 0.6) is 0 Å². The number of rotatable bonds is 3. The summed E-state index contributed by atoms with van der Waals surface area (Å²) in [6, 6.07) is 5.49. The molecule has 1 fully saturated rings. The Morgan fingerprint density at radius 3 is 2.85 bits per heavy atom. The van der Waals surface area contributed by atoms with E-state index in [1.54, 1.807) is 11.0 Å². The quantitative estimate of drug-likeness (QED) is 0.563. The SMILES string of the molecule is COC(=O)C1CN(C(=O)C2=CC(c3nc4cccc5c4n3CCNC5=O)=CCC2)CCC1=O. The van der Waals surface area contributed by atoms with Crippen LogP contribution >= 0.6 is 0 Å². The van der Waals surface area contributed by atoms with E-state index in [0.717, 1.165) is 22.4 Å². The number of methoxy groups -OCH3 is 1. The van der Waals surface area contributed by atoms with E-state index in [2.05, 4.69) is 11.4 Å². The van der Waals surface area contributed by atoms with E-state index < -0.39 is 11.9 Å². The molecule has 9 nitrogen and oxygen atoms in total. The number of esters is 1. The minimum atomic E-state index is -0.929. The van der Waals surface area contributed by atoms with E-state index in [1.165, 1.54) is 7.11 Å². The van der Waals surface area contributed by atoms with Crippen LogP contribution in [0.25, 0.3) is 16.6 Å². The zero-order valence-corrected chi connectivity index (χ0v) is 18.3. The Balaban J connectivity index is 1.46. The van der Waals surface area contributed by atoms with Gasteiger partial charge in [0.2, 0.25) is 5.91 Å². The second-order valence-electron chi connectivity index (χ2n) is 8.43. The largest absolute Gasteiger partial charge is 0.468 e. The first-order valence-corrected chi connectivity index (χ1v) is 11.1. The molecule has 1 aromatic heterocycles. The van der Waals surface area contributed by atoms with Gasteiger partial charge in [-0.1, -0.05) is 12.1 Å². The van der Waals surface area contributed by atoms with Gasteiger partial charge in [0.05, 0.1) is 23.7 Å². The van der Waals surface area contributed by atoms with Crippen molar-refractivity contribution in [3.63, 3.8) is 0 Å². The standard InChI is InChI=1S/C24H24N4O5/c1-33-24(32)17-13-27(10-8-19(17)29)23(31)15-5-2-4-14(12-15)21-26-18-7-3-6-16-20(18)28(21)11-9-25-22(16)30/h3-4,6-7,12,17H,2,5,8-11,13H2,1H3,(H,25,30). The third-order valence-corrected chi connectivity index (χ3v) is 6.47. The van der Waals surface area contributed by atoms with Crippen LogP contribution in [0.3, 0.4) is 0 Å². The summed E-state index contributed by atoms with van der Waals surface area (Å²) < 4.78 is 6.77. The molecule has 1 aromatic carbocycles. The van der Waals surface area contributed by atoms with E-state index in [1.807, 2.05) is 22.8 Å². The molecule has 3 heterocycles. The third-order valence-electron chi connectivity index (χ3n) is 6.47. The van der Waals surface area contributed by atoms with Crippen LogP contribution in [0, 0.1) is 5.92 Å². The number of allylic oxidation sites excluding steroid dienone is 3. The highest BCUT2D eigenvalue weighted by Gasteiger charge is 2.36. The lowest BCUT2D eigenvalue weighted by Crippen LogP contribution is -2.47. The number of hydrogen-bond donors (Lipinski definition) is 1. The predicted molar refractivity (Wildman–Crippen MR) is 119 cm³/mol. The Kier molecular flexibility index (Phi) is 5.32. The number of carbonyl (C=O) groups excluding carboxylic acids is 4. The molecule has 1 saturated heterocycles. The topological polar surface area (TPSA) is 111 Å². The van der Waals surface area contributed by atoms with Crippen LogP contribution in [-0.4, -0.2) is 64.8 Å². The van der Waals surface area contributed by atoms with Crippen molar-refractivity contribution in [2.24, 2.45) is 5.92 Å². The zero-order chi connectivity index (χ0) is 23.1. The fourth-order valence-electron chi connectivity index (χ4n) is 4.78. The molecule has 0 bridgehead atoms. The molecule has 2 aliphatic heterocycles. The highest BCUT2D eigenvalue weighted by atomic mass is 16.5. The van der Waals surface area contributed by atoms with Crippen LogP contribution in [0.4, 0.5) is 0 Å². The number of hydrogen-bond acceptors (Lipinski definition) is 6. The van der Waals surface area contributed by atoms with Crippen LogP contribution in [0.15, 0.2) is 35.9 Å². The predicted octanol–water partition coefficient (Wildman–Crippen LogP) is 1.47. The Morgan fingerprint density at radius 1 is 1.18 bits per heavy atom. The van der Waals surface area contributed by atoms with Crippen molar-refractivity contribution in [3.8, 4) is 0 Å². The normalized spacial score (nSPS) is 20.6. The van der Waals surface area contributed by atoms with Gasteiger partial charge in [-0.3, -0.25) is 19.2 Å². The molecule has 0 saturated carbocycles. The number of Topliss-reactive ketones (excluding diaryl/α,β-unsaturated/α-hetero) is 1. The molecule has 5 rings (SSSR count). The lowest BCUT2D eigenvalue weighted by Gasteiger charge is -2.31. The van der Waals surface area contributed by atoms with Gasteiger partial charge in [0, 0.05) is 43.7 Å². The number of ketones is 1. The minimum absolute atomic E-state index is 0.0381. The molecule has 3 aliphatic rings. The molecule has 2 aromatic rings. The van der Waals surface area contributed by atoms with Gasteiger partial charge in [0.15, 0.2) is 5.78 Å². The Hall–Kier alpha value is -3.75. The van der Waals surface area contributed by atoms with Crippen molar-refractivity contribution in [2.45, 2.75) is 25.8 Å². The number of nitrogens with one attached hydrogen (secondary N) is 1. The Bertz CT molecular complexity index is 1250. The number of piperidine rings is 1. The summed E-state index contributed by atoms with van der Waals surface area (Å²) in [5, 5.41) is 2.91. The second-order valence-corrected chi connectivity index (χ2v) is 8.43. The number of amides is 2. The van der Waals surface area contributed by atoms with Crippen molar-refractivity contribution in [1.82, 2.24) is 19.8 Å². The van der Waals surface area contributed by atoms with Crippen LogP contribution in [0.2, 0.25) is 0 Å². The fourth-order valence-corrected chi connectivity index (χ4v) is 4.78. The van der Waals surface area contributed by atoms with Gasteiger partial charge in [-0.2, -0.15) is 0 Å². The fraction of sp³-hybridized carbons (Fsp3) is 0.375. The van der Waals surface area contributed by atoms with Crippen LogP contribution < -0.4 is 5.32 Å². The average Bonchev–Trinajstić information content (AvgIpc) is 3.13. The van der Waals surface area contributed by atoms with E-state index in [4.69, 9.17) is 9.72 Å². The Labute approximate surface area is 190 Å². The number of nitrogens with zero attached hydrogens (tertiary/aromatic N) is 3. The van der Waals surface area contributed by atoms with E-state index in [9.17, 15) is 19.2 Å². The number of ether oxygens (including phenoxy) is 1. The molecular weight excluding hydrogens is 424 g/mol. The van der Waals surface area contributed by atoms with Crippen molar-refractivity contribution in [3.05, 3.63) is 47.3 Å². The summed E-state index contributed by atoms with van der Waals surface area (Å²) in [4.78, 5) is 56.1. The van der Waals surface area contributed by atoms with Crippen molar-refractivity contribution in [2.75, 3.05) is 26.7 Å². The van der Waals surface area contributed by atoms with Gasteiger partial charge in [0.25, 0.3) is 5.91 Å². The number of aromatic nitrogens is 2. The maximum Gasteiger partial charge on any atom is 0.318 e.